The number of likely N-dealkylation sites (tertiary alicyclic amines) is 1. The number of para-hydroxylation sites is 1. The summed E-state index contributed by atoms with van der Waals surface area (Å²) in [5.41, 5.74) is 0.195. The highest BCUT2D eigenvalue weighted by Gasteiger charge is 2.24. The fourth-order valence-electron chi connectivity index (χ4n) is 3.31. The number of hydrogen-bond donors (Lipinski definition) is 1. The summed E-state index contributed by atoms with van der Waals surface area (Å²) in [6.45, 7) is 1.29. The second-order valence-corrected chi connectivity index (χ2v) is 6.89. The Hall–Kier alpha value is -2.96. The van der Waals surface area contributed by atoms with Crippen LogP contribution >= 0.6 is 0 Å². The van der Waals surface area contributed by atoms with E-state index in [0.717, 1.165) is 12.8 Å². The van der Waals surface area contributed by atoms with E-state index in [-0.39, 0.29) is 30.0 Å². The van der Waals surface area contributed by atoms with Gasteiger partial charge in [-0.15, -0.1) is 0 Å². The Morgan fingerprint density at radius 1 is 1.25 bits per heavy atom. The monoisotopic (exact) mass is 385 g/mol. The van der Waals surface area contributed by atoms with E-state index in [0.29, 0.717) is 31.7 Å². The van der Waals surface area contributed by atoms with Crippen molar-refractivity contribution in [1.29, 1.82) is 0 Å². The van der Waals surface area contributed by atoms with Gasteiger partial charge in [-0.25, -0.2) is 4.39 Å². The molecule has 1 aromatic carbocycles. The Bertz CT molecular complexity index is 800. The number of aromatic nitrogens is 1. The summed E-state index contributed by atoms with van der Waals surface area (Å²) in [5, 5.41) is 2.60. The summed E-state index contributed by atoms with van der Waals surface area (Å²) >= 11 is 0. The minimum absolute atomic E-state index is 0.0216. The van der Waals surface area contributed by atoms with E-state index >= 15 is 0 Å². The van der Waals surface area contributed by atoms with Crippen molar-refractivity contribution in [3.63, 3.8) is 0 Å². The second-order valence-electron chi connectivity index (χ2n) is 6.89. The van der Waals surface area contributed by atoms with Crippen LogP contribution in [0.2, 0.25) is 0 Å². The van der Waals surface area contributed by atoms with Gasteiger partial charge in [-0.05, 0) is 49.4 Å². The van der Waals surface area contributed by atoms with Crippen LogP contribution in [0.4, 0.5) is 10.1 Å². The SMILES string of the molecule is O=C(CC[C@H]1CCCN(C(=O)COc2cccnc2)C1)Nc1ccccc1F. The third-order valence-electron chi connectivity index (χ3n) is 4.80. The minimum atomic E-state index is -0.445. The van der Waals surface area contributed by atoms with Crippen LogP contribution in [0.3, 0.4) is 0 Å². The molecule has 1 saturated heterocycles. The van der Waals surface area contributed by atoms with Crippen LogP contribution in [0.15, 0.2) is 48.8 Å². The van der Waals surface area contributed by atoms with Gasteiger partial charge in [0.1, 0.15) is 11.6 Å². The third kappa shape index (κ3) is 5.77. The van der Waals surface area contributed by atoms with Gasteiger partial charge in [0.25, 0.3) is 5.91 Å². The van der Waals surface area contributed by atoms with Gasteiger partial charge >= 0.3 is 0 Å². The number of carbonyl (C=O) groups excluding carboxylic acids is 2. The van der Waals surface area contributed by atoms with E-state index in [1.807, 2.05) is 0 Å². The van der Waals surface area contributed by atoms with Gasteiger partial charge in [0.15, 0.2) is 6.61 Å². The number of ether oxygens (including phenoxy) is 1. The van der Waals surface area contributed by atoms with Crippen LogP contribution in [0.25, 0.3) is 0 Å². The van der Waals surface area contributed by atoms with Gasteiger partial charge in [0.05, 0.1) is 11.9 Å². The maximum Gasteiger partial charge on any atom is 0.260 e. The van der Waals surface area contributed by atoms with Gasteiger partial charge in [-0.2, -0.15) is 0 Å². The molecule has 1 aliphatic rings. The lowest BCUT2D eigenvalue weighted by molar-refractivity contribution is -0.135. The number of hydrogen-bond acceptors (Lipinski definition) is 4. The van der Waals surface area contributed by atoms with Crippen molar-refractivity contribution in [3.05, 3.63) is 54.6 Å². The van der Waals surface area contributed by atoms with Crippen LogP contribution in [0.1, 0.15) is 25.7 Å². The van der Waals surface area contributed by atoms with Crippen molar-refractivity contribution in [2.75, 3.05) is 25.0 Å². The highest BCUT2D eigenvalue weighted by Crippen LogP contribution is 2.22. The molecule has 0 spiro atoms. The molecule has 148 valence electrons. The molecule has 7 heteroatoms. The van der Waals surface area contributed by atoms with Gasteiger partial charge in [-0.1, -0.05) is 12.1 Å². The maximum absolute atomic E-state index is 13.6. The van der Waals surface area contributed by atoms with Crippen LogP contribution < -0.4 is 10.1 Å². The minimum Gasteiger partial charge on any atom is -0.482 e. The molecule has 0 saturated carbocycles. The molecule has 1 fully saturated rings. The Balaban J connectivity index is 1.42. The summed E-state index contributed by atoms with van der Waals surface area (Å²) in [7, 11) is 0. The second kappa shape index (κ2) is 9.82. The molecule has 0 unspecified atom stereocenters. The Morgan fingerprint density at radius 2 is 2.11 bits per heavy atom. The number of benzene rings is 1. The van der Waals surface area contributed by atoms with Crippen LogP contribution in [0, 0.1) is 11.7 Å². The van der Waals surface area contributed by atoms with E-state index in [1.165, 1.54) is 12.1 Å². The van der Waals surface area contributed by atoms with Gasteiger partial charge < -0.3 is 15.0 Å². The largest absolute Gasteiger partial charge is 0.482 e. The van der Waals surface area contributed by atoms with Crippen molar-refractivity contribution >= 4 is 17.5 Å². The highest BCUT2D eigenvalue weighted by atomic mass is 19.1. The fourth-order valence-corrected chi connectivity index (χ4v) is 3.31. The van der Waals surface area contributed by atoms with E-state index < -0.39 is 5.82 Å². The Morgan fingerprint density at radius 3 is 2.89 bits per heavy atom. The first-order valence-corrected chi connectivity index (χ1v) is 9.47. The average molecular weight is 385 g/mol. The van der Waals surface area contributed by atoms with Gasteiger partial charge in [-0.3, -0.25) is 14.6 Å². The zero-order valence-corrected chi connectivity index (χ0v) is 15.6. The number of piperidine rings is 1. The normalized spacial score (nSPS) is 16.5. The van der Waals surface area contributed by atoms with Gasteiger partial charge in [0.2, 0.25) is 5.91 Å². The molecule has 1 aliphatic heterocycles. The lowest BCUT2D eigenvalue weighted by atomic mass is 9.93. The molecule has 3 rings (SSSR count). The molecule has 2 amide bonds. The van der Waals surface area contributed by atoms with Gasteiger partial charge in [0, 0.05) is 25.7 Å². The number of amides is 2. The Labute approximate surface area is 163 Å². The molecule has 1 aromatic heterocycles. The number of anilines is 1. The van der Waals surface area contributed by atoms with E-state index in [4.69, 9.17) is 4.74 Å². The summed E-state index contributed by atoms with van der Waals surface area (Å²) in [6, 6.07) is 9.62. The fraction of sp³-hybridized carbons (Fsp3) is 0.381. The smallest absolute Gasteiger partial charge is 0.260 e. The molecule has 2 heterocycles. The van der Waals surface area contributed by atoms with Crippen LogP contribution in [0.5, 0.6) is 5.75 Å². The first-order chi connectivity index (χ1) is 13.6. The van der Waals surface area contributed by atoms with Crippen molar-refractivity contribution in [2.45, 2.75) is 25.7 Å². The summed E-state index contributed by atoms with van der Waals surface area (Å²) in [6.07, 6.45) is 6.05. The number of nitrogens with one attached hydrogen (secondary N) is 1. The molecule has 6 nitrogen and oxygen atoms in total. The number of halogens is 1. The lowest BCUT2D eigenvalue weighted by Gasteiger charge is -2.32. The van der Waals surface area contributed by atoms with Crippen molar-refractivity contribution in [2.24, 2.45) is 5.92 Å². The Kier molecular flexibility index (Phi) is 6.94. The summed E-state index contributed by atoms with van der Waals surface area (Å²) in [5.74, 6) is 0.0911. The topological polar surface area (TPSA) is 71.5 Å². The van der Waals surface area contributed by atoms with Crippen molar-refractivity contribution < 1.29 is 18.7 Å². The molecule has 1 atom stereocenters. The molecular formula is C21H24FN3O3. The first kappa shape index (κ1) is 19.8. The molecule has 0 aliphatic carbocycles. The zero-order valence-electron chi connectivity index (χ0n) is 15.6. The molecule has 2 aromatic rings. The van der Waals surface area contributed by atoms with Crippen LogP contribution in [-0.2, 0) is 9.59 Å². The first-order valence-electron chi connectivity index (χ1n) is 9.47. The van der Waals surface area contributed by atoms with E-state index in [9.17, 15) is 14.0 Å². The average Bonchev–Trinajstić information content (AvgIpc) is 2.73. The quantitative estimate of drug-likeness (QED) is 0.794. The predicted octanol–water partition coefficient (Wildman–Crippen LogP) is 3.26. The number of rotatable bonds is 7. The van der Waals surface area contributed by atoms with E-state index in [1.54, 1.807) is 41.6 Å². The number of nitrogens with zero attached hydrogens (tertiary/aromatic N) is 2. The van der Waals surface area contributed by atoms with Crippen LogP contribution in [-0.4, -0.2) is 41.4 Å². The lowest BCUT2D eigenvalue weighted by Crippen LogP contribution is -2.42. The molecule has 0 radical (unpaired) electrons. The summed E-state index contributed by atoms with van der Waals surface area (Å²) in [4.78, 5) is 30.2. The molecule has 0 bridgehead atoms. The summed E-state index contributed by atoms with van der Waals surface area (Å²) < 4.78 is 19.1. The highest BCUT2D eigenvalue weighted by molar-refractivity contribution is 5.90. The zero-order chi connectivity index (χ0) is 19.8. The predicted molar refractivity (Wildman–Crippen MR) is 103 cm³/mol. The van der Waals surface area contributed by atoms with Crippen molar-refractivity contribution in [3.8, 4) is 5.75 Å². The molecule has 28 heavy (non-hydrogen) atoms. The molecular weight excluding hydrogens is 361 g/mol. The standard InChI is InChI=1S/C21H24FN3O3/c22-18-7-1-2-8-19(18)24-20(26)10-9-16-5-4-12-25(14-16)21(27)15-28-17-6-3-11-23-13-17/h1-3,6-8,11,13,16H,4-5,9-10,12,14-15H2,(H,24,26)/t16-/m1/s1. The third-order valence-corrected chi connectivity index (χ3v) is 4.80. The molecule has 1 N–H and O–H groups in total. The maximum atomic E-state index is 13.6. The van der Waals surface area contributed by atoms with E-state index in [2.05, 4.69) is 10.3 Å². The van der Waals surface area contributed by atoms with Crippen molar-refractivity contribution in [1.82, 2.24) is 9.88 Å². The number of carbonyl (C=O) groups is 2. The number of pyridine rings is 1.